The maximum Gasteiger partial charge on any atom is 0.274 e. The monoisotopic (exact) mass is 376 g/mol. The highest BCUT2D eigenvalue weighted by atomic mass is 19.1. The van der Waals surface area contributed by atoms with E-state index in [1.807, 2.05) is 29.2 Å². The van der Waals surface area contributed by atoms with Crippen LogP contribution in [0, 0.1) is 5.82 Å². The largest absolute Gasteiger partial charge is 0.337 e. The second kappa shape index (κ2) is 8.25. The van der Waals surface area contributed by atoms with Gasteiger partial charge in [0.05, 0.1) is 6.20 Å². The molecule has 0 radical (unpaired) electrons. The number of amides is 1. The summed E-state index contributed by atoms with van der Waals surface area (Å²) in [5, 5.41) is 0. The standard InChI is InChI=1S/C22H21FN4O/c23-18-4-1-3-16(13-18)14-19-5-2-6-20(26-19)17-7-11-27(12-8-17)22(28)21-15-24-9-10-25-21/h1-6,9-10,13,15,17H,7-8,11-12,14H2. The molecule has 2 aromatic heterocycles. The molecule has 6 heteroatoms. The molecule has 1 aromatic carbocycles. The van der Waals surface area contributed by atoms with Crippen LogP contribution in [0.15, 0.2) is 61.1 Å². The number of hydrogen-bond donors (Lipinski definition) is 0. The number of carbonyl (C=O) groups is 1. The molecule has 1 amide bonds. The highest BCUT2D eigenvalue weighted by Crippen LogP contribution is 2.27. The zero-order valence-corrected chi connectivity index (χ0v) is 15.5. The van der Waals surface area contributed by atoms with Gasteiger partial charge in [-0.25, -0.2) is 9.37 Å². The summed E-state index contributed by atoms with van der Waals surface area (Å²) < 4.78 is 13.4. The molecule has 1 fully saturated rings. The van der Waals surface area contributed by atoms with E-state index in [1.165, 1.54) is 18.5 Å². The second-order valence-corrected chi connectivity index (χ2v) is 7.02. The quantitative estimate of drug-likeness (QED) is 0.698. The van der Waals surface area contributed by atoms with E-state index in [-0.39, 0.29) is 11.7 Å². The number of pyridine rings is 1. The summed E-state index contributed by atoms with van der Waals surface area (Å²) in [4.78, 5) is 27.2. The van der Waals surface area contributed by atoms with Crippen molar-refractivity contribution >= 4 is 5.91 Å². The van der Waals surface area contributed by atoms with Crippen molar-refractivity contribution in [2.45, 2.75) is 25.2 Å². The molecule has 5 nitrogen and oxygen atoms in total. The molecule has 0 bridgehead atoms. The van der Waals surface area contributed by atoms with Crippen LogP contribution < -0.4 is 0 Å². The van der Waals surface area contributed by atoms with Gasteiger partial charge in [-0.2, -0.15) is 0 Å². The van der Waals surface area contributed by atoms with E-state index in [0.29, 0.717) is 31.1 Å². The predicted octanol–water partition coefficient (Wildman–Crippen LogP) is 3.62. The summed E-state index contributed by atoms with van der Waals surface area (Å²) in [5.74, 6) is 0.0199. The molecule has 0 atom stereocenters. The van der Waals surface area contributed by atoms with E-state index >= 15 is 0 Å². The fraction of sp³-hybridized carbons (Fsp3) is 0.273. The number of nitrogens with zero attached hydrogens (tertiary/aromatic N) is 4. The molecular formula is C22H21FN4O. The Morgan fingerprint density at radius 2 is 1.93 bits per heavy atom. The third-order valence-electron chi connectivity index (χ3n) is 5.09. The molecule has 0 aliphatic carbocycles. The number of likely N-dealkylation sites (tertiary alicyclic amines) is 1. The molecule has 0 N–H and O–H groups in total. The van der Waals surface area contributed by atoms with Gasteiger partial charge in [-0.05, 0) is 42.7 Å². The van der Waals surface area contributed by atoms with E-state index in [1.54, 1.807) is 18.3 Å². The van der Waals surface area contributed by atoms with Crippen molar-refractivity contribution in [1.82, 2.24) is 19.9 Å². The van der Waals surface area contributed by atoms with E-state index in [0.717, 1.165) is 29.8 Å². The molecular weight excluding hydrogens is 355 g/mol. The first-order valence-electron chi connectivity index (χ1n) is 9.44. The summed E-state index contributed by atoms with van der Waals surface area (Å²) in [7, 11) is 0. The first-order chi connectivity index (χ1) is 13.7. The fourth-order valence-electron chi connectivity index (χ4n) is 3.63. The Hall–Kier alpha value is -3.15. The Labute approximate surface area is 163 Å². The molecule has 4 rings (SSSR count). The summed E-state index contributed by atoms with van der Waals surface area (Å²) in [6.45, 7) is 1.35. The Bertz CT molecular complexity index is 956. The first kappa shape index (κ1) is 18.2. The van der Waals surface area contributed by atoms with Gasteiger partial charge in [-0.1, -0.05) is 18.2 Å². The lowest BCUT2D eigenvalue weighted by molar-refractivity contribution is 0.0705. The van der Waals surface area contributed by atoms with Crippen molar-refractivity contribution in [3.05, 3.63) is 89.5 Å². The summed E-state index contributed by atoms with van der Waals surface area (Å²) in [5.41, 5.74) is 3.27. The topological polar surface area (TPSA) is 59.0 Å². The Morgan fingerprint density at radius 3 is 2.68 bits per heavy atom. The van der Waals surface area contributed by atoms with Gasteiger partial charge in [0, 0.05) is 49.2 Å². The van der Waals surface area contributed by atoms with Crippen molar-refractivity contribution in [3.8, 4) is 0 Å². The van der Waals surface area contributed by atoms with Gasteiger partial charge < -0.3 is 4.90 Å². The van der Waals surface area contributed by atoms with E-state index < -0.39 is 0 Å². The highest BCUT2D eigenvalue weighted by Gasteiger charge is 2.26. The Morgan fingerprint density at radius 1 is 1.11 bits per heavy atom. The van der Waals surface area contributed by atoms with Crippen LogP contribution in [0.3, 0.4) is 0 Å². The predicted molar refractivity (Wildman–Crippen MR) is 103 cm³/mol. The molecule has 0 unspecified atom stereocenters. The maximum atomic E-state index is 13.4. The molecule has 0 saturated carbocycles. The lowest BCUT2D eigenvalue weighted by Crippen LogP contribution is -2.38. The minimum atomic E-state index is -0.228. The summed E-state index contributed by atoms with van der Waals surface area (Å²) >= 11 is 0. The van der Waals surface area contributed by atoms with E-state index in [2.05, 4.69) is 9.97 Å². The number of hydrogen-bond acceptors (Lipinski definition) is 4. The molecule has 1 saturated heterocycles. The maximum absolute atomic E-state index is 13.4. The number of rotatable bonds is 4. The van der Waals surface area contributed by atoms with Crippen LogP contribution in [0.1, 0.15) is 46.2 Å². The van der Waals surface area contributed by atoms with Crippen LogP contribution in [0.25, 0.3) is 0 Å². The molecule has 28 heavy (non-hydrogen) atoms. The van der Waals surface area contributed by atoms with Gasteiger partial charge >= 0.3 is 0 Å². The van der Waals surface area contributed by atoms with Crippen molar-refractivity contribution in [2.24, 2.45) is 0 Å². The van der Waals surface area contributed by atoms with Crippen molar-refractivity contribution in [3.63, 3.8) is 0 Å². The molecule has 0 spiro atoms. The number of benzene rings is 1. The SMILES string of the molecule is O=C(c1cnccn1)N1CCC(c2cccc(Cc3cccc(F)c3)n2)CC1. The van der Waals surface area contributed by atoms with Crippen LogP contribution in [-0.2, 0) is 6.42 Å². The van der Waals surface area contributed by atoms with Gasteiger partial charge in [0.2, 0.25) is 0 Å². The average molecular weight is 376 g/mol. The zero-order chi connectivity index (χ0) is 19.3. The molecule has 142 valence electrons. The molecule has 1 aliphatic rings. The lowest BCUT2D eigenvalue weighted by Gasteiger charge is -2.31. The highest BCUT2D eigenvalue weighted by molar-refractivity contribution is 5.92. The van der Waals surface area contributed by atoms with Crippen molar-refractivity contribution in [2.75, 3.05) is 13.1 Å². The first-order valence-corrected chi connectivity index (χ1v) is 9.44. The van der Waals surface area contributed by atoms with Gasteiger partial charge in [-0.15, -0.1) is 0 Å². The smallest absolute Gasteiger partial charge is 0.274 e. The second-order valence-electron chi connectivity index (χ2n) is 7.02. The Kier molecular flexibility index (Phi) is 5.37. The third kappa shape index (κ3) is 4.22. The van der Waals surface area contributed by atoms with Crippen LogP contribution in [-0.4, -0.2) is 38.8 Å². The normalized spacial score (nSPS) is 14.8. The lowest BCUT2D eigenvalue weighted by atomic mass is 9.92. The van der Waals surface area contributed by atoms with Gasteiger partial charge in [0.25, 0.3) is 5.91 Å². The number of halogens is 1. The van der Waals surface area contributed by atoms with Crippen LogP contribution >= 0.6 is 0 Å². The van der Waals surface area contributed by atoms with Gasteiger partial charge in [0.1, 0.15) is 11.5 Å². The van der Waals surface area contributed by atoms with Gasteiger partial charge in [0.15, 0.2) is 0 Å². The van der Waals surface area contributed by atoms with Crippen molar-refractivity contribution < 1.29 is 9.18 Å². The number of carbonyl (C=O) groups excluding carboxylic acids is 1. The fourth-order valence-corrected chi connectivity index (χ4v) is 3.63. The number of piperidine rings is 1. The summed E-state index contributed by atoms with van der Waals surface area (Å²) in [6, 6.07) is 12.6. The van der Waals surface area contributed by atoms with Gasteiger partial charge in [-0.3, -0.25) is 14.8 Å². The summed E-state index contributed by atoms with van der Waals surface area (Å²) in [6.07, 6.45) is 6.94. The average Bonchev–Trinajstić information content (AvgIpc) is 2.74. The number of aromatic nitrogens is 3. The van der Waals surface area contributed by atoms with Crippen LogP contribution in [0.5, 0.6) is 0 Å². The van der Waals surface area contributed by atoms with E-state index in [4.69, 9.17) is 4.98 Å². The van der Waals surface area contributed by atoms with Crippen molar-refractivity contribution in [1.29, 1.82) is 0 Å². The Balaban J connectivity index is 1.40. The molecule has 3 heterocycles. The van der Waals surface area contributed by atoms with E-state index in [9.17, 15) is 9.18 Å². The molecule has 3 aromatic rings. The zero-order valence-electron chi connectivity index (χ0n) is 15.5. The van der Waals surface area contributed by atoms with Crippen LogP contribution in [0.4, 0.5) is 4.39 Å². The minimum absolute atomic E-state index is 0.0700. The molecule has 1 aliphatic heterocycles. The minimum Gasteiger partial charge on any atom is -0.337 e. The van der Waals surface area contributed by atoms with Crippen LogP contribution in [0.2, 0.25) is 0 Å². The third-order valence-corrected chi connectivity index (χ3v) is 5.09.